The molecule has 0 aliphatic heterocycles. The Balaban J connectivity index is 1.72. The standard InChI is InChI=1S/C18H17F3N2O5S2/c19-18(20,21)8-9-22-15(24)13-6-7-14(29-13)30(27,28)23-17(16(25)26)10-12(17)11-4-2-1-3-5-11/h1-7,12,23H,8-10H2,(H,22,24)(H,25,26)/t12-,17+/m0/s1. The summed E-state index contributed by atoms with van der Waals surface area (Å²) in [6, 6.07) is 10.9. The highest BCUT2D eigenvalue weighted by Crippen LogP contribution is 2.52. The molecule has 162 valence electrons. The van der Waals surface area contributed by atoms with Crippen LogP contribution in [0.15, 0.2) is 46.7 Å². The van der Waals surface area contributed by atoms with Gasteiger partial charge in [0.1, 0.15) is 9.75 Å². The average Bonchev–Trinajstić information content (AvgIpc) is 3.14. The summed E-state index contributed by atoms with van der Waals surface area (Å²) < 4.78 is 63.8. The predicted molar refractivity (Wildman–Crippen MR) is 102 cm³/mol. The summed E-state index contributed by atoms with van der Waals surface area (Å²) in [5.41, 5.74) is -1.02. The van der Waals surface area contributed by atoms with Crippen LogP contribution in [0.5, 0.6) is 0 Å². The van der Waals surface area contributed by atoms with Gasteiger partial charge in [0.25, 0.3) is 15.9 Å². The van der Waals surface area contributed by atoms with Gasteiger partial charge in [0.15, 0.2) is 0 Å². The number of carbonyl (C=O) groups excluding carboxylic acids is 1. The van der Waals surface area contributed by atoms with Crippen molar-refractivity contribution in [3.8, 4) is 0 Å². The third-order valence-electron chi connectivity index (χ3n) is 4.62. The third-order valence-corrected chi connectivity index (χ3v) is 7.71. The van der Waals surface area contributed by atoms with Gasteiger partial charge in [-0.3, -0.25) is 9.59 Å². The summed E-state index contributed by atoms with van der Waals surface area (Å²) in [5.74, 6) is -2.70. The number of carbonyl (C=O) groups is 2. The number of carboxylic acids is 1. The smallest absolute Gasteiger partial charge is 0.390 e. The number of hydrogen-bond acceptors (Lipinski definition) is 5. The minimum absolute atomic E-state index is 0.0712. The maximum atomic E-state index is 12.7. The summed E-state index contributed by atoms with van der Waals surface area (Å²) >= 11 is 0.546. The molecule has 30 heavy (non-hydrogen) atoms. The van der Waals surface area contributed by atoms with Crippen molar-refractivity contribution in [1.82, 2.24) is 10.0 Å². The van der Waals surface area contributed by atoms with Crippen LogP contribution in [0, 0.1) is 0 Å². The second kappa shape index (κ2) is 8.00. The first kappa shape index (κ1) is 22.2. The SMILES string of the molecule is O=C(NCCC(F)(F)F)c1ccc(S(=O)(=O)N[C@]2(C(=O)O)C[C@H]2c2ccccc2)s1. The molecule has 0 bridgehead atoms. The number of hydrogen-bond donors (Lipinski definition) is 3. The number of nitrogens with one attached hydrogen (secondary N) is 2. The second-order valence-corrected chi connectivity index (χ2v) is 9.78. The highest BCUT2D eigenvalue weighted by molar-refractivity contribution is 7.91. The largest absolute Gasteiger partial charge is 0.480 e. The monoisotopic (exact) mass is 462 g/mol. The Morgan fingerprint density at radius 1 is 1.17 bits per heavy atom. The van der Waals surface area contributed by atoms with Crippen molar-refractivity contribution < 1.29 is 36.3 Å². The van der Waals surface area contributed by atoms with Gasteiger partial charge in [-0.05, 0) is 24.1 Å². The molecule has 0 saturated heterocycles. The second-order valence-electron chi connectivity index (χ2n) is 6.79. The number of rotatable bonds is 8. The summed E-state index contributed by atoms with van der Waals surface area (Å²) in [6.07, 6.45) is -5.56. The lowest BCUT2D eigenvalue weighted by molar-refractivity contribution is -0.140. The fourth-order valence-corrected chi connectivity index (χ4v) is 5.65. The molecule has 7 nitrogen and oxygen atoms in total. The highest BCUT2D eigenvalue weighted by atomic mass is 32.2. The Morgan fingerprint density at radius 3 is 2.43 bits per heavy atom. The summed E-state index contributed by atoms with van der Waals surface area (Å²) in [4.78, 5) is 23.6. The van der Waals surface area contributed by atoms with Gasteiger partial charge in [-0.2, -0.15) is 17.9 Å². The van der Waals surface area contributed by atoms with Crippen molar-refractivity contribution in [1.29, 1.82) is 0 Å². The van der Waals surface area contributed by atoms with E-state index < -0.39 is 52.5 Å². The molecule has 3 N–H and O–H groups in total. The van der Waals surface area contributed by atoms with E-state index >= 15 is 0 Å². The van der Waals surface area contributed by atoms with Gasteiger partial charge in [0.05, 0.1) is 11.3 Å². The van der Waals surface area contributed by atoms with Gasteiger partial charge in [-0.25, -0.2) is 8.42 Å². The average molecular weight is 462 g/mol. The van der Waals surface area contributed by atoms with Crippen LogP contribution < -0.4 is 10.0 Å². The summed E-state index contributed by atoms with van der Waals surface area (Å²) in [7, 11) is -4.27. The van der Waals surface area contributed by atoms with Crippen molar-refractivity contribution in [2.24, 2.45) is 0 Å². The predicted octanol–water partition coefficient (Wildman–Crippen LogP) is 2.72. The van der Waals surface area contributed by atoms with Crippen LogP contribution in [0.1, 0.15) is 34.0 Å². The zero-order valence-corrected chi connectivity index (χ0v) is 16.9. The number of amides is 1. The first-order chi connectivity index (χ1) is 13.9. The fraction of sp³-hybridized carbons (Fsp3) is 0.333. The van der Waals surface area contributed by atoms with Gasteiger partial charge >= 0.3 is 12.1 Å². The Morgan fingerprint density at radius 2 is 1.83 bits per heavy atom. The van der Waals surface area contributed by atoms with Crippen LogP contribution in [-0.4, -0.2) is 43.7 Å². The topological polar surface area (TPSA) is 113 Å². The zero-order valence-electron chi connectivity index (χ0n) is 15.3. The first-order valence-electron chi connectivity index (χ1n) is 8.72. The van der Waals surface area contributed by atoms with E-state index in [2.05, 4.69) is 10.0 Å². The van der Waals surface area contributed by atoms with Crippen molar-refractivity contribution in [2.45, 2.75) is 34.7 Å². The van der Waals surface area contributed by atoms with E-state index in [0.29, 0.717) is 16.9 Å². The Kier molecular flexibility index (Phi) is 5.94. The normalized spacial score (nSPS) is 21.2. The van der Waals surface area contributed by atoms with Crippen LogP contribution in [0.4, 0.5) is 13.2 Å². The van der Waals surface area contributed by atoms with E-state index in [1.807, 2.05) is 0 Å². The van der Waals surface area contributed by atoms with Gasteiger partial charge in [-0.1, -0.05) is 30.3 Å². The maximum Gasteiger partial charge on any atom is 0.390 e. The molecule has 0 unspecified atom stereocenters. The van der Waals surface area contributed by atoms with E-state index in [1.54, 1.807) is 30.3 Å². The van der Waals surface area contributed by atoms with Crippen LogP contribution in [0.25, 0.3) is 0 Å². The first-order valence-corrected chi connectivity index (χ1v) is 11.0. The number of carboxylic acid groups (broad SMARTS) is 1. The quantitative estimate of drug-likeness (QED) is 0.559. The van der Waals surface area contributed by atoms with E-state index in [0.717, 1.165) is 12.1 Å². The Labute approximate surface area is 174 Å². The molecule has 0 radical (unpaired) electrons. The number of halogens is 3. The molecule has 1 aromatic heterocycles. The minimum Gasteiger partial charge on any atom is -0.480 e. The zero-order chi connectivity index (χ0) is 22.2. The van der Waals surface area contributed by atoms with Gasteiger partial charge in [0.2, 0.25) is 0 Å². The number of alkyl halides is 3. The molecule has 1 aliphatic rings. The molecule has 1 aromatic carbocycles. The van der Waals surface area contributed by atoms with E-state index in [4.69, 9.17) is 0 Å². The number of aliphatic carboxylic acids is 1. The minimum atomic E-state index is -4.42. The Hall–Kier alpha value is -2.44. The molecule has 0 spiro atoms. The van der Waals surface area contributed by atoms with Crippen molar-refractivity contribution in [3.05, 3.63) is 52.9 Å². The molecule has 1 aliphatic carbocycles. The lowest BCUT2D eigenvalue weighted by Gasteiger charge is -2.14. The molecule has 12 heteroatoms. The molecule has 1 saturated carbocycles. The summed E-state index contributed by atoms with van der Waals surface area (Å²) in [6.45, 7) is -0.637. The van der Waals surface area contributed by atoms with Crippen molar-refractivity contribution in [3.63, 3.8) is 0 Å². The third kappa shape index (κ3) is 4.82. The van der Waals surface area contributed by atoms with E-state index in [9.17, 15) is 36.3 Å². The van der Waals surface area contributed by atoms with Crippen LogP contribution >= 0.6 is 11.3 Å². The van der Waals surface area contributed by atoms with Gasteiger partial charge < -0.3 is 10.4 Å². The molecule has 3 rings (SSSR count). The van der Waals surface area contributed by atoms with Crippen LogP contribution in [0.3, 0.4) is 0 Å². The highest BCUT2D eigenvalue weighted by Gasteiger charge is 2.63. The molecule has 1 amide bonds. The van der Waals surface area contributed by atoms with Crippen molar-refractivity contribution in [2.75, 3.05) is 6.54 Å². The molecule has 2 aromatic rings. The number of thiophene rings is 1. The summed E-state index contributed by atoms with van der Waals surface area (Å²) in [5, 5.41) is 11.7. The lowest BCUT2D eigenvalue weighted by atomic mass is 10.1. The number of sulfonamides is 1. The Bertz CT molecular complexity index is 1050. The number of benzene rings is 1. The maximum absolute atomic E-state index is 12.7. The van der Waals surface area contributed by atoms with E-state index in [1.165, 1.54) is 0 Å². The van der Waals surface area contributed by atoms with Gasteiger partial charge in [0, 0.05) is 12.5 Å². The van der Waals surface area contributed by atoms with Crippen LogP contribution in [0.2, 0.25) is 0 Å². The van der Waals surface area contributed by atoms with E-state index in [-0.39, 0.29) is 15.5 Å². The molecular weight excluding hydrogens is 445 g/mol. The van der Waals surface area contributed by atoms with Gasteiger partial charge in [-0.15, -0.1) is 11.3 Å². The van der Waals surface area contributed by atoms with Crippen molar-refractivity contribution >= 4 is 33.2 Å². The van der Waals surface area contributed by atoms with Crippen LogP contribution in [-0.2, 0) is 14.8 Å². The lowest BCUT2D eigenvalue weighted by Crippen LogP contribution is -2.44. The molecular formula is C18H17F3N2O5S2. The molecule has 2 atom stereocenters. The molecule has 1 fully saturated rings. The molecule has 1 heterocycles. The fourth-order valence-electron chi connectivity index (χ4n) is 3.03.